The van der Waals surface area contributed by atoms with Crippen molar-refractivity contribution in [2.45, 2.75) is 48.7 Å². The Kier molecular flexibility index (Phi) is 9.22. The smallest absolute Gasteiger partial charge is 0.0361 e. The Bertz CT molecular complexity index is 116. The molecular formula is C9H16Cl4. The van der Waals surface area contributed by atoms with Crippen LogP contribution in [0.15, 0.2) is 0 Å². The van der Waals surface area contributed by atoms with Crippen molar-refractivity contribution in [3.63, 3.8) is 0 Å². The second kappa shape index (κ2) is 8.47. The first kappa shape index (κ1) is 14.2. The van der Waals surface area contributed by atoms with E-state index in [0.717, 1.165) is 25.7 Å². The summed E-state index contributed by atoms with van der Waals surface area (Å²) in [4.78, 5) is 0. The Labute approximate surface area is 101 Å². The van der Waals surface area contributed by atoms with Gasteiger partial charge in [0.15, 0.2) is 0 Å². The summed E-state index contributed by atoms with van der Waals surface area (Å²) < 4.78 is 0. The Morgan fingerprint density at radius 1 is 0.923 bits per heavy atom. The van der Waals surface area contributed by atoms with Crippen LogP contribution in [0.2, 0.25) is 0 Å². The van der Waals surface area contributed by atoms with Crippen LogP contribution in [-0.4, -0.2) is 22.0 Å². The van der Waals surface area contributed by atoms with E-state index in [0.29, 0.717) is 5.88 Å². The molecule has 0 nitrogen and oxygen atoms in total. The number of rotatable bonds is 7. The quantitative estimate of drug-likeness (QED) is 0.589. The first-order valence-corrected chi connectivity index (χ1v) is 6.38. The molecule has 0 saturated carbocycles. The van der Waals surface area contributed by atoms with Crippen LogP contribution in [0, 0.1) is 0 Å². The van der Waals surface area contributed by atoms with Crippen molar-refractivity contribution in [1.29, 1.82) is 0 Å². The highest BCUT2D eigenvalue weighted by molar-refractivity contribution is 6.24. The summed E-state index contributed by atoms with van der Waals surface area (Å²) in [6.45, 7) is 1.97. The highest BCUT2D eigenvalue weighted by Crippen LogP contribution is 2.20. The Balaban J connectivity index is 3.43. The van der Waals surface area contributed by atoms with Crippen molar-refractivity contribution in [2.75, 3.05) is 5.88 Å². The molecule has 3 atom stereocenters. The lowest BCUT2D eigenvalue weighted by atomic mass is 10.1. The summed E-state index contributed by atoms with van der Waals surface area (Å²) in [5, 5.41) is 0.431. The highest BCUT2D eigenvalue weighted by Gasteiger charge is 2.12. The lowest BCUT2D eigenvalue weighted by Crippen LogP contribution is -2.10. The molecule has 0 spiro atoms. The number of hydrogen-bond acceptors (Lipinski definition) is 0. The topological polar surface area (TPSA) is 0 Å². The second-order valence-electron chi connectivity index (χ2n) is 3.27. The molecule has 0 rings (SSSR count). The maximum Gasteiger partial charge on any atom is 0.0361 e. The van der Waals surface area contributed by atoms with Crippen molar-refractivity contribution in [3.8, 4) is 0 Å². The zero-order chi connectivity index (χ0) is 10.3. The summed E-state index contributed by atoms with van der Waals surface area (Å²) in [6.07, 6.45) is 3.51. The fourth-order valence-electron chi connectivity index (χ4n) is 1.04. The molecule has 0 aliphatic carbocycles. The van der Waals surface area contributed by atoms with Gasteiger partial charge in [-0.05, 0) is 32.6 Å². The zero-order valence-corrected chi connectivity index (χ0v) is 10.8. The summed E-state index contributed by atoms with van der Waals surface area (Å²) >= 11 is 23.4. The van der Waals surface area contributed by atoms with E-state index in [4.69, 9.17) is 46.4 Å². The average molecular weight is 266 g/mol. The summed E-state index contributed by atoms with van der Waals surface area (Å²) in [7, 11) is 0. The monoisotopic (exact) mass is 264 g/mol. The van der Waals surface area contributed by atoms with Crippen molar-refractivity contribution in [2.24, 2.45) is 0 Å². The van der Waals surface area contributed by atoms with Crippen LogP contribution in [0.3, 0.4) is 0 Å². The van der Waals surface area contributed by atoms with Crippen LogP contribution >= 0.6 is 46.4 Å². The van der Waals surface area contributed by atoms with Crippen LogP contribution in [-0.2, 0) is 0 Å². The van der Waals surface area contributed by atoms with Gasteiger partial charge in [0.05, 0.1) is 0 Å². The van der Waals surface area contributed by atoms with E-state index < -0.39 is 0 Å². The molecule has 0 saturated heterocycles. The Hall–Kier alpha value is 1.16. The maximum atomic E-state index is 6.07. The van der Waals surface area contributed by atoms with E-state index in [2.05, 4.69) is 0 Å². The van der Waals surface area contributed by atoms with Crippen molar-refractivity contribution < 1.29 is 0 Å². The molecule has 0 amide bonds. The Morgan fingerprint density at radius 2 is 1.46 bits per heavy atom. The van der Waals surface area contributed by atoms with Crippen molar-refractivity contribution >= 4 is 46.4 Å². The molecule has 0 aliphatic rings. The fourth-order valence-corrected chi connectivity index (χ4v) is 2.30. The van der Waals surface area contributed by atoms with Gasteiger partial charge in [-0.1, -0.05) is 0 Å². The molecule has 0 radical (unpaired) electrons. The lowest BCUT2D eigenvalue weighted by Gasteiger charge is -2.13. The van der Waals surface area contributed by atoms with Gasteiger partial charge in [-0.3, -0.25) is 0 Å². The first-order chi connectivity index (χ1) is 6.06. The molecule has 0 aliphatic heterocycles. The SMILES string of the molecule is CC(Cl)CCC(Cl)CC(Cl)CCCl. The summed E-state index contributed by atoms with van der Waals surface area (Å²) in [5.74, 6) is 0.601. The molecule has 0 aromatic rings. The van der Waals surface area contributed by atoms with Gasteiger partial charge in [-0.15, -0.1) is 46.4 Å². The minimum Gasteiger partial charge on any atom is -0.127 e. The third kappa shape index (κ3) is 9.46. The lowest BCUT2D eigenvalue weighted by molar-refractivity contribution is 0.618. The van der Waals surface area contributed by atoms with Gasteiger partial charge in [-0.2, -0.15) is 0 Å². The average Bonchev–Trinajstić information content (AvgIpc) is 2.01. The predicted molar refractivity (Wildman–Crippen MR) is 63.8 cm³/mol. The van der Waals surface area contributed by atoms with E-state index in [-0.39, 0.29) is 16.1 Å². The largest absolute Gasteiger partial charge is 0.127 e. The molecule has 0 N–H and O–H groups in total. The van der Waals surface area contributed by atoms with E-state index in [1.165, 1.54) is 0 Å². The fraction of sp³-hybridized carbons (Fsp3) is 1.00. The van der Waals surface area contributed by atoms with E-state index in [1.807, 2.05) is 6.92 Å². The number of hydrogen-bond donors (Lipinski definition) is 0. The predicted octanol–water partition coefficient (Wildman–Crippen LogP) is 4.63. The second-order valence-corrected chi connectivity index (χ2v) is 5.62. The molecular weight excluding hydrogens is 250 g/mol. The molecule has 0 aromatic carbocycles. The van der Waals surface area contributed by atoms with Gasteiger partial charge < -0.3 is 0 Å². The Morgan fingerprint density at radius 3 is 1.92 bits per heavy atom. The normalized spacial score (nSPS) is 18.2. The van der Waals surface area contributed by atoms with Crippen LogP contribution in [0.5, 0.6) is 0 Å². The minimum absolute atomic E-state index is 0.102. The molecule has 0 heterocycles. The zero-order valence-electron chi connectivity index (χ0n) is 7.78. The van der Waals surface area contributed by atoms with Gasteiger partial charge in [0.1, 0.15) is 0 Å². The van der Waals surface area contributed by atoms with Crippen LogP contribution in [0.4, 0.5) is 0 Å². The molecule has 3 unspecified atom stereocenters. The molecule has 0 aromatic heterocycles. The van der Waals surface area contributed by atoms with E-state index >= 15 is 0 Å². The van der Waals surface area contributed by atoms with Gasteiger partial charge in [0.25, 0.3) is 0 Å². The van der Waals surface area contributed by atoms with Gasteiger partial charge in [0.2, 0.25) is 0 Å². The molecule has 80 valence electrons. The third-order valence-corrected chi connectivity index (χ3v) is 3.04. The number of halogens is 4. The maximum absolute atomic E-state index is 6.07. The molecule has 4 heteroatoms. The van der Waals surface area contributed by atoms with Gasteiger partial charge in [-0.25, -0.2) is 0 Å². The van der Waals surface area contributed by atoms with Crippen LogP contribution in [0.25, 0.3) is 0 Å². The van der Waals surface area contributed by atoms with Gasteiger partial charge in [0, 0.05) is 22.0 Å². The minimum atomic E-state index is 0.102. The van der Waals surface area contributed by atoms with Gasteiger partial charge >= 0.3 is 0 Å². The summed E-state index contributed by atoms with van der Waals surface area (Å²) in [5.41, 5.74) is 0. The third-order valence-electron chi connectivity index (χ3n) is 1.81. The molecule has 0 fully saturated rings. The van der Waals surface area contributed by atoms with Crippen molar-refractivity contribution in [3.05, 3.63) is 0 Å². The van der Waals surface area contributed by atoms with Crippen LogP contribution in [0.1, 0.15) is 32.6 Å². The standard InChI is InChI=1S/C9H16Cl4/c1-7(11)2-3-8(12)6-9(13)4-5-10/h7-9H,2-6H2,1H3. The van der Waals surface area contributed by atoms with E-state index in [1.54, 1.807) is 0 Å². The number of alkyl halides is 4. The first-order valence-electron chi connectivity index (χ1n) is 4.54. The van der Waals surface area contributed by atoms with E-state index in [9.17, 15) is 0 Å². The highest BCUT2D eigenvalue weighted by atomic mass is 35.5. The molecule has 13 heavy (non-hydrogen) atoms. The summed E-state index contributed by atoms with van der Waals surface area (Å²) in [6, 6.07) is 0. The molecule has 0 bridgehead atoms. The van der Waals surface area contributed by atoms with Crippen molar-refractivity contribution in [1.82, 2.24) is 0 Å². The van der Waals surface area contributed by atoms with Crippen LogP contribution < -0.4 is 0 Å².